The lowest BCUT2D eigenvalue weighted by Crippen LogP contribution is -2.06. The first-order valence-corrected chi connectivity index (χ1v) is 12.0. The van der Waals surface area contributed by atoms with Crippen LogP contribution in [0.5, 0.6) is 5.88 Å². The number of H-pyrrole nitrogens is 1. The molecule has 0 spiro atoms. The van der Waals surface area contributed by atoms with Crippen LogP contribution in [0.15, 0.2) is 85.8 Å². The quantitative estimate of drug-likeness (QED) is 0.264. The number of benzene rings is 1. The summed E-state index contributed by atoms with van der Waals surface area (Å²) in [6.07, 6.45) is 8.53. The van der Waals surface area contributed by atoms with Crippen molar-refractivity contribution in [3.8, 4) is 28.1 Å². The summed E-state index contributed by atoms with van der Waals surface area (Å²) in [6.45, 7) is 5.52. The molecule has 7 heteroatoms. The molecule has 0 saturated carbocycles. The highest BCUT2D eigenvalue weighted by molar-refractivity contribution is 6.00. The van der Waals surface area contributed by atoms with Gasteiger partial charge < -0.3 is 15.0 Å². The molecule has 4 aromatic heterocycles. The summed E-state index contributed by atoms with van der Waals surface area (Å²) in [6, 6.07) is 17.8. The Balaban J connectivity index is 1.53. The van der Waals surface area contributed by atoms with Gasteiger partial charge in [0.25, 0.3) is 0 Å². The minimum atomic E-state index is -0.251. The zero-order valence-electron chi connectivity index (χ0n) is 20.8. The molecule has 37 heavy (non-hydrogen) atoms. The number of nitrogens with zero attached hydrogens (tertiary/aromatic N) is 3. The maximum atomic E-state index is 11.8. The number of aryl methyl sites for hydroxylation is 3. The van der Waals surface area contributed by atoms with Gasteiger partial charge in [0.15, 0.2) is 0 Å². The molecule has 1 aromatic carbocycles. The number of fused-ring (bicyclic) bond motifs is 1. The Morgan fingerprint density at radius 1 is 1.03 bits per heavy atom. The van der Waals surface area contributed by atoms with Crippen molar-refractivity contribution in [3.63, 3.8) is 0 Å². The third-order valence-electron chi connectivity index (χ3n) is 6.24. The molecule has 0 radical (unpaired) electrons. The molecule has 5 rings (SSSR count). The molecule has 0 bridgehead atoms. The van der Waals surface area contributed by atoms with E-state index >= 15 is 0 Å². The Hall–Kier alpha value is -4.78. The summed E-state index contributed by atoms with van der Waals surface area (Å²) in [5, 5.41) is 3.80. The predicted molar refractivity (Wildman–Crippen MR) is 147 cm³/mol. The minimum Gasteiger partial charge on any atom is -0.481 e. The average Bonchev–Trinajstić information content (AvgIpc) is 3.35. The van der Waals surface area contributed by atoms with Gasteiger partial charge in [0.2, 0.25) is 11.8 Å². The van der Waals surface area contributed by atoms with Crippen molar-refractivity contribution in [2.24, 2.45) is 0 Å². The number of methoxy groups -OCH3 is 1. The van der Waals surface area contributed by atoms with Gasteiger partial charge in [-0.25, -0.2) is 9.97 Å². The van der Waals surface area contributed by atoms with Crippen molar-refractivity contribution < 1.29 is 9.53 Å². The number of anilines is 1. The smallest absolute Gasteiger partial charge is 0.247 e. The summed E-state index contributed by atoms with van der Waals surface area (Å²) in [7, 11) is 1.62. The van der Waals surface area contributed by atoms with Crippen LogP contribution in [0.2, 0.25) is 0 Å². The molecule has 0 fully saturated rings. The second kappa shape index (κ2) is 10.5. The number of aromatic amines is 1. The number of nitrogens with one attached hydrogen (secondary N) is 2. The molecule has 0 saturated heterocycles. The van der Waals surface area contributed by atoms with E-state index in [0.29, 0.717) is 11.6 Å². The maximum Gasteiger partial charge on any atom is 0.247 e. The van der Waals surface area contributed by atoms with E-state index in [0.717, 1.165) is 63.1 Å². The van der Waals surface area contributed by atoms with Gasteiger partial charge in [-0.1, -0.05) is 24.8 Å². The van der Waals surface area contributed by atoms with Crippen LogP contribution >= 0.6 is 0 Å². The van der Waals surface area contributed by atoms with Crippen LogP contribution in [0.4, 0.5) is 5.69 Å². The van der Waals surface area contributed by atoms with E-state index in [4.69, 9.17) is 4.74 Å². The lowest BCUT2D eigenvalue weighted by molar-refractivity contribution is -0.111. The fraction of sp³-hybridized carbons (Fsp3) is 0.133. The van der Waals surface area contributed by atoms with Crippen LogP contribution < -0.4 is 10.1 Å². The molecule has 4 heterocycles. The molecule has 0 aliphatic rings. The summed E-state index contributed by atoms with van der Waals surface area (Å²) in [4.78, 5) is 28.8. The van der Waals surface area contributed by atoms with Crippen molar-refractivity contribution in [2.75, 3.05) is 12.4 Å². The first kappa shape index (κ1) is 23.9. The van der Waals surface area contributed by atoms with Crippen LogP contribution in [0.25, 0.3) is 33.3 Å². The highest BCUT2D eigenvalue weighted by Gasteiger charge is 2.15. The monoisotopic (exact) mass is 489 g/mol. The molecule has 0 unspecified atom stereocenters. The summed E-state index contributed by atoms with van der Waals surface area (Å²) < 4.78 is 5.45. The van der Waals surface area contributed by atoms with Gasteiger partial charge in [0, 0.05) is 58.2 Å². The van der Waals surface area contributed by atoms with Crippen molar-refractivity contribution in [3.05, 3.63) is 103 Å². The molecular formula is C30H27N5O2. The first-order valence-electron chi connectivity index (χ1n) is 12.0. The van der Waals surface area contributed by atoms with Gasteiger partial charge >= 0.3 is 0 Å². The number of pyridine rings is 3. The highest BCUT2D eigenvalue weighted by atomic mass is 16.5. The van der Waals surface area contributed by atoms with Crippen LogP contribution in [0.1, 0.15) is 17.0 Å². The lowest BCUT2D eigenvalue weighted by atomic mass is 9.96. The lowest BCUT2D eigenvalue weighted by Gasteiger charge is -2.11. The van der Waals surface area contributed by atoms with Gasteiger partial charge in [-0.05, 0) is 72.9 Å². The second-order valence-corrected chi connectivity index (χ2v) is 8.75. The average molecular weight is 490 g/mol. The number of aromatic nitrogens is 4. The fourth-order valence-electron chi connectivity index (χ4n) is 4.38. The number of amides is 1. The van der Waals surface area contributed by atoms with Crippen molar-refractivity contribution in [1.82, 2.24) is 19.9 Å². The minimum absolute atomic E-state index is 0.251. The Bertz CT molecular complexity index is 1610. The molecule has 2 N–H and O–H groups in total. The summed E-state index contributed by atoms with van der Waals surface area (Å²) >= 11 is 0. The third kappa shape index (κ3) is 5.26. The topological polar surface area (TPSA) is 92.8 Å². The van der Waals surface area contributed by atoms with Crippen molar-refractivity contribution >= 4 is 22.6 Å². The Kier molecular flexibility index (Phi) is 6.76. The molecule has 184 valence electrons. The predicted octanol–water partition coefficient (Wildman–Crippen LogP) is 5.91. The Labute approximate surface area is 215 Å². The summed E-state index contributed by atoms with van der Waals surface area (Å²) in [5.74, 6) is 0.301. The van der Waals surface area contributed by atoms with Gasteiger partial charge in [-0.15, -0.1) is 0 Å². The third-order valence-corrected chi connectivity index (χ3v) is 6.24. The van der Waals surface area contributed by atoms with E-state index in [1.165, 1.54) is 6.08 Å². The summed E-state index contributed by atoms with van der Waals surface area (Å²) in [5.41, 5.74) is 8.59. The molecule has 0 atom stereocenters. The van der Waals surface area contributed by atoms with Crippen LogP contribution in [0.3, 0.4) is 0 Å². The fourth-order valence-corrected chi connectivity index (χ4v) is 4.38. The van der Waals surface area contributed by atoms with E-state index in [1.54, 1.807) is 7.11 Å². The van der Waals surface area contributed by atoms with Crippen LogP contribution in [-0.4, -0.2) is 33.0 Å². The van der Waals surface area contributed by atoms with E-state index < -0.39 is 0 Å². The standard InChI is InChI=1S/C30H27N5O2/c1-4-28(36)35-24-10-6-8-20(13-24)22-14-26-27(18-33-30(26)32-17-22)25-15-29(37-3)31-16-21(25)11-12-23-9-5-7-19(2)34-23/h4-10,13-18H,1,11-12H2,2-3H3,(H,32,33)(H,35,36). The van der Waals surface area contributed by atoms with E-state index in [-0.39, 0.29) is 5.91 Å². The number of ether oxygens (including phenoxy) is 1. The second-order valence-electron chi connectivity index (χ2n) is 8.75. The molecule has 1 amide bonds. The first-order chi connectivity index (χ1) is 18.0. The van der Waals surface area contributed by atoms with Gasteiger partial charge in [-0.2, -0.15) is 0 Å². The Morgan fingerprint density at radius 3 is 2.70 bits per heavy atom. The number of carbonyl (C=O) groups excluding carboxylic acids is 1. The SMILES string of the molecule is C=CC(=O)Nc1cccc(-c2cnc3[nH]cc(-c4cc(OC)ncc4CCc4cccc(C)n4)c3c2)c1. The Morgan fingerprint density at radius 2 is 1.89 bits per heavy atom. The van der Waals surface area contributed by atoms with E-state index in [9.17, 15) is 4.79 Å². The molecule has 5 aromatic rings. The molecule has 0 aliphatic heterocycles. The normalized spacial score (nSPS) is 10.9. The molecular weight excluding hydrogens is 462 g/mol. The number of hydrogen-bond donors (Lipinski definition) is 2. The number of rotatable bonds is 8. The largest absolute Gasteiger partial charge is 0.481 e. The molecule has 7 nitrogen and oxygen atoms in total. The number of carbonyl (C=O) groups is 1. The van der Waals surface area contributed by atoms with E-state index in [2.05, 4.69) is 44.0 Å². The van der Waals surface area contributed by atoms with Crippen LogP contribution in [0, 0.1) is 6.92 Å². The highest BCUT2D eigenvalue weighted by Crippen LogP contribution is 2.35. The van der Waals surface area contributed by atoms with Crippen molar-refractivity contribution in [1.29, 1.82) is 0 Å². The number of hydrogen-bond acceptors (Lipinski definition) is 5. The zero-order chi connectivity index (χ0) is 25.8. The molecule has 0 aliphatic carbocycles. The van der Waals surface area contributed by atoms with Gasteiger partial charge in [-0.3, -0.25) is 9.78 Å². The van der Waals surface area contributed by atoms with Gasteiger partial charge in [0.05, 0.1) is 7.11 Å². The van der Waals surface area contributed by atoms with E-state index in [1.807, 2.05) is 68.0 Å². The zero-order valence-corrected chi connectivity index (χ0v) is 20.8. The van der Waals surface area contributed by atoms with Crippen LogP contribution in [-0.2, 0) is 17.6 Å². The maximum absolute atomic E-state index is 11.8. The van der Waals surface area contributed by atoms with Gasteiger partial charge in [0.1, 0.15) is 5.65 Å². The van der Waals surface area contributed by atoms with Crippen molar-refractivity contribution in [2.45, 2.75) is 19.8 Å².